The molecule has 1 aromatic rings. The number of nitrogens with two attached hydrogens (primary N) is 1. The standard InChI is InChI=1S/C10H14N2O2/c1-12-5-4-10(7-11,9(12)13)8-3-2-6-14-8/h2-3,6H,4-5,7,11H2,1H3. The molecule has 0 aliphatic carbocycles. The molecule has 4 heteroatoms. The molecule has 2 rings (SSSR count). The number of rotatable bonds is 2. The number of hydrogen-bond donors (Lipinski definition) is 1. The average Bonchev–Trinajstić information content (AvgIpc) is 2.79. The van der Waals surface area contributed by atoms with E-state index in [1.54, 1.807) is 24.3 Å². The van der Waals surface area contributed by atoms with E-state index < -0.39 is 5.41 Å². The van der Waals surface area contributed by atoms with Crippen molar-refractivity contribution in [2.45, 2.75) is 11.8 Å². The van der Waals surface area contributed by atoms with E-state index in [-0.39, 0.29) is 5.91 Å². The van der Waals surface area contributed by atoms with Crippen molar-refractivity contribution < 1.29 is 9.21 Å². The first-order valence-corrected chi connectivity index (χ1v) is 4.70. The summed E-state index contributed by atoms with van der Waals surface area (Å²) in [6.45, 7) is 1.06. The summed E-state index contributed by atoms with van der Waals surface area (Å²) in [5, 5.41) is 0. The van der Waals surface area contributed by atoms with E-state index in [1.807, 2.05) is 6.07 Å². The Balaban J connectivity index is 2.41. The molecule has 76 valence electrons. The Kier molecular flexibility index (Phi) is 2.07. The number of likely N-dealkylation sites (tertiary alicyclic amines) is 1. The minimum absolute atomic E-state index is 0.0648. The van der Waals surface area contributed by atoms with Gasteiger partial charge in [0.15, 0.2) is 0 Å². The third-order valence-electron chi connectivity index (χ3n) is 2.97. The molecule has 0 spiro atoms. The van der Waals surface area contributed by atoms with E-state index in [0.717, 1.165) is 13.0 Å². The minimum Gasteiger partial charge on any atom is -0.468 e. The fourth-order valence-electron chi connectivity index (χ4n) is 2.00. The van der Waals surface area contributed by atoms with Gasteiger partial charge in [0, 0.05) is 20.1 Å². The number of hydrogen-bond acceptors (Lipinski definition) is 3. The van der Waals surface area contributed by atoms with Gasteiger partial charge in [0.2, 0.25) is 5.91 Å². The van der Waals surface area contributed by atoms with Crippen LogP contribution < -0.4 is 5.73 Å². The molecular weight excluding hydrogens is 180 g/mol. The van der Waals surface area contributed by atoms with Crippen LogP contribution in [0.2, 0.25) is 0 Å². The van der Waals surface area contributed by atoms with Crippen LogP contribution in [0.15, 0.2) is 22.8 Å². The summed E-state index contributed by atoms with van der Waals surface area (Å²) in [5.74, 6) is 0.754. The molecule has 0 bridgehead atoms. The molecule has 1 aliphatic heterocycles. The zero-order chi connectivity index (χ0) is 10.2. The monoisotopic (exact) mass is 194 g/mol. The van der Waals surface area contributed by atoms with E-state index >= 15 is 0 Å². The Hall–Kier alpha value is -1.29. The van der Waals surface area contributed by atoms with Crippen molar-refractivity contribution >= 4 is 5.91 Å². The normalized spacial score (nSPS) is 27.3. The molecule has 1 amide bonds. The van der Waals surface area contributed by atoms with Crippen LogP contribution in [0.5, 0.6) is 0 Å². The maximum Gasteiger partial charge on any atom is 0.237 e. The highest BCUT2D eigenvalue weighted by Gasteiger charge is 2.47. The average molecular weight is 194 g/mol. The Bertz CT molecular complexity index is 334. The summed E-state index contributed by atoms with van der Waals surface area (Å²) in [7, 11) is 1.79. The summed E-state index contributed by atoms with van der Waals surface area (Å²) in [6.07, 6.45) is 2.32. The lowest BCUT2D eigenvalue weighted by Crippen LogP contribution is -2.42. The smallest absolute Gasteiger partial charge is 0.237 e. The van der Waals surface area contributed by atoms with Crippen molar-refractivity contribution in [2.75, 3.05) is 20.1 Å². The number of carbonyl (C=O) groups is 1. The van der Waals surface area contributed by atoms with E-state index in [1.165, 1.54) is 0 Å². The fraction of sp³-hybridized carbons (Fsp3) is 0.500. The van der Waals surface area contributed by atoms with Gasteiger partial charge >= 0.3 is 0 Å². The van der Waals surface area contributed by atoms with E-state index in [4.69, 9.17) is 10.2 Å². The van der Waals surface area contributed by atoms with Crippen molar-refractivity contribution in [1.82, 2.24) is 4.90 Å². The lowest BCUT2D eigenvalue weighted by Gasteiger charge is -2.22. The molecule has 0 saturated carbocycles. The maximum atomic E-state index is 11.9. The van der Waals surface area contributed by atoms with Crippen LogP contribution in [-0.2, 0) is 10.2 Å². The first-order valence-electron chi connectivity index (χ1n) is 4.70. The maximum absolute atomic E-state index is 11.9. The van der Waals surface area contributed by atoms with Gasteiger partial charge in [-0.1, -0.05) is 0 Å². The van der Waals surface area contributed by atoms with Crippen LogP contribution in [-0.4, -0.2) is 30.9 Å². The second kappa shape index (κ2) is 3.13. The van der Waals surface area contributed by atoms with Gasteiger partial charge in [0.1, 0.15) is 11.2 Å². The second-order valence-corrected chi connectivity index (χ2v) is 3.74. The number of furan rings is 1. The van der Waals surface area contributed by atoms with Gasteiger partial charge in [-0.2, -0.15) is 0 Å². The minimum atomic E-state index is -0.613. The first kappa shape index (κ1) is 9.27. The van der Waals surface area contributed by atoms with Crippen LogP contribution in [0.1, 0.15) is 12.2 Å². The number of carbonyl (C=O) groups excluding carboxylic acids is 1. The summed E-state index contributed by atoms with van der Waals surface area (Å²) in [6, 6.07) is 3.61. The van der Waals surface area contributed by atoms with Gasteiger partial charge in [0.25, 0.3) is 0 Å². The third kappa shape index (κ3) is 1.07. The van der Waals surface area contributed by atoms with Crippen molar-refractivity contribution in [3.05, 3.63) is 24.2 Å². The molecule has 1 atom stereocenters. The zero-order valence-electron chi connectivity index (χ0n) is 8.19. The first-order chi connectivity index (χ1) is 6.70. The lowest BCUT2D eigenvalue weighted by atomic mass is 9.84. The molecule has 1 fully saturated rings. The zero-order valence-corrected chi connectivity index (χ0v) is 8.19. The molecule has 4 nitrogen and oxygen atoms in total. The van der Waals surface area contributed by atoms with Crippen LogP contribution in [0.25, 0.3) is 0 Å². The van der Waals surface area contributed by atoms with Crippen LogP contribution in [0.3, 0.4) is 0 Å². The fourth-order valence-corrected chi connectivity index (χ4v) is 2.00. The van der Waals surface area contributed by atoms with Crippen molar-refractivity contribution in [3.63, 3.8) is 0 Å². The summed E-state index contributed by atoms with van der Waals surface area (Å²) in [5.41, 5.74) is 5.09. The lowest BCUT2D eigenvalue weighted by molar-refractivity contribution is -0.131. The molecule has 0 radical (unpaired) electrons. The molecule has 0 aromatic carbocycles. The van der Waals surface area contributed by atoms with Crippen LogP contribution in [0.4, 0.5) is 0 Å². The molecule has 2 heterocycles. The molecule has 1 aliphatic rings. The molecule has 2 N–H and O–H groups in total. The molecule has 1 unspecified atom stereocenters. The van der Waals surface area contributed by atoms with E-state index in [2.05, 4.69) is 0 Å². The summed E-state index contributed by atoms with van der Waals surface area (Å²) >= 11 is 0. The van der Waals surface area contributed by atoms with Gasteiger partial charge in [-0.3, -0.25) is 4.79 Å². The molecular formula is C10H14N2O2. The second-order valence-electron chi connectivity index (χ2n) is 3.74. The SMILES string of the molecule is CN1CCC(CN)(c2ccco2)C1=O. The number of likely N-dealkylation sites (N-methyl/N-ethyl adjacent to an activating group) is 1. The largest absolute Gasteiger partial charge is 0.468 e. The molecule has 1 aromatic heterocycles. The Morgan fingerprint density at radius 1 is 1.71 bits per heavy atom. The van der Waals surface area contributed by atoms with Gasteiger partial charge < -0.3 is 15.1 Å². The molecule has 14 heavy (non-hydrogen) atoms. The van der Waals surface area contributed by atoms with Crippen molar-refractivity contribution in [1.29, 1.82) is 0 Å². The Morgan fingerprint density at radius 3 is 2.93 bits per heavy atom. The highest BCUT2D eigenvalue weighted by molar-refractivity contribution is 5.89. The van der Waals surface area contributed by atoms with Gasteiger partial charge in [-0.15, -0.1) is 0 Å². The summed E-state index contributed by atoms with van der Waals surface area (Å²) in [4.78, 5) is 13.6. The van der Waals surface area contributed by atoms with Gasteiger partial charge in [-0.25, -0.2) is 0 Å². The van der Waals surface area contributed by atoms with Crippen LogP contribution in [0, 0.1) is 0 Å². The Morgan fingerprint density at radius 2 is 2.50 bits per heavy atom. The number of amides is 1. The van der Waals surface area contributed by atoms with Crippen LogP contribution >= 0.6 is 0 Å². The highest BCUT2D eigenvalue weighted by Crippen LogP contribution is 2.34. The van der Waals surface area contributed by atoms with E-state index in [0.29, 0.717) is 12.3 Å². The summed E-state index contributed by atoms with van der Waals surface area (Å²) < 4.78 is 5.30. The quantitative estimate of drug-likeness (QED) is 0.738. The van der Waals surface area contributed by atoms with Gasteiger partial charge in [-0.05, 0) is 18.6 Å². The Labute approximate surface area is 82.7 Å². The predicted octanol–water partition coefficient (Wildman–Crippen LogP) is 0.338. The van der Waals surface area contributed by atoms with Gasteiger partial charge in [0.05, 0.1) is 6.26 Å². The predicted molar refractivity (Wildman–Crippen MR) is 51.7 cm³/mol. The number of nitrogens with zero attached hydrogens (tertiary/aromatic N) is 1. The molecule has 1 saturated heterocycles. The third-order valence-corrected chi connectivity index (χ3v) is 2.97. The van der Waals surface area contributed by atoms with Crippen molar-refractivity contribution in [2.24, 2.45) is 5.73 Å². The highest BCUT2D eigenvalue weighted by atomic mass is 16.3. The van der Waals surface area contributed by atoms with Crippen molar-refractivity contribution in [3.8, 4) is 0 Å². The topological polar surface area (TPSA) is 59.5 Å². The van der Waals surface area contributed by atoms with E-state index in [9.17, 15) is 4.79 Å².